The summed E-state index contributed by atoms with van der Waals surface area (Å²) >= 11 is 0. The number of carbonyl (C=O) groups excluding carboxylic acids is 1. The van der Waals surface area contributed by atoms with Crippen molar-refractivity contribution in [1.29, 1.82) is 0 Å². The number of piperidine rings is 1. The van der Waals surface area contributed by atoms with Crippen LogP contribution in [0.2, 0.25) is 0 Å². The summed E-state index contributed by atoms with van der Waals surface area (Å²) in [6, 6.07) is 4.24. The Bertz CT molecular complexity index is 492. The maximum atomic E-state index is 12.5. The van der Waals surface area contributed by atoms with E-state index in [9.17, 15) is 4.79 Å². The van der Waals surface area contributed by atoms with Gasteiger partial charge in [-0.15, -0.1) is 0 Å². The van der Waals surface area contributed by atoms with Crippen LogP contribution in [0, 0.1) is 0 Å². The van der Waals surface area contributed by atoms with E-state index in [1.807, 2.05) is 24.4 Å². The lowest BCUT2D eigenvalue weighted by Crippen LogP contribution is -2.51. The third-order valence-corrected chi connectivity index (χ3v) is 4.51. The number of rotatable bonds is 4. The number of nitrogens with zero attached hydrogens (tertiary/aromatic N) is 2. The van der Waals surface area contributed by atoms with Crippen LogP contribution in [0.4, 0.5) is 0 Å². The summed E-state index contributed by atoms with van der Waals surface area (Å²) in [6.07, 6.45) is 8.87. The average molecular weight is 303 g/mol. The molecule has 0 radical (unpaired) electrons. The van der Waals surface area contributed by atoms with E-state index in [1.165, 1.54) is 6.42 Å². The molecule has 2 fully saturated rings. The van der Waals surface area contributed by atoms with Gasteiger partial charge in [-0.3, -0.25) is 9.69 Å². The van der Waals surface area contributed by atoms with Crippen LogP contribution in [0.3, 0.4) is 0 Å². The lowest BCUT2D eigenvalue weighted by Gasteiger charge is -2.39. The molecule has 0 aliphatic carbocycles. The number of ether oxygens (including phenoxy) is 1. The second-order valence-electron chi connectivity index (χ2n) is 6.05. The molecular weight excluding hydrogens is 278 g/mol. The minimum atomic E-state index is 0.132. The fraction of sp³-hybridized carbons (Fsp3) is 0.588. The summed E-state index contributed by atoms with van der Waals surface area (Å²) in [5, 5.41) is 0. The highest BCUT2D eigenvalue weighted by molar-refractivity contribution is 5.91. The van der Waals surface area contributed by atoms with E-state index in [0.717, 1.165) is 57.9 Å². The molecule has 120 valence electrons. The van der Waals surface area contributed by atoms with E-state index in [0.29, 0.717) is 6.04 Å². The molecule has 3 rings (SSSR count). The van der Waals surface area contributed by atoms with Gasteiger partial charge in [0.1, 0.15) is 0 Å². The second-order valence-corrected chi connectivity index (χ2v) is 6.05. The fourth-order valence-corrected chi connectivity index (χ4v) is 3.27. The third kappa shape index (κ3) is 3.99. The molecule has 3 heterocycles. The van der Waals surface area contributed by atoms with Gasteiger partial charge < -0.3 is 14.6 Å². The van der Waals surface area contributed by atoms with Crippen molar-refractivity contribution in [1.82, 2.24) is 14.8 Å². The molecule has 1 amide bonds. The molecule has 2 aliphatic rings. The molecule has 0 bridgehead atoms. The predicted octanol–water partition coefficient (Wildman–Crippen LogP) is 1.74. The first-order chi connectivity index (χ1) is 10.8. The molecule has 0 saturated carbocycles. The molecule has 5 heteroatoms. The molecular formula is C17H25N3O2. The van der Waals surface area contributed by atoms with Crippen molar-refractivity contribution >= 4 is 12.0 Å². The Kier molecular flexibility index (Phi) is 5.29. The van der Waals surface area contributed by atoms with Crippen molar-refractivity contribution in [2.45, 2.75) is 25.3 Å². The van der Waals surface area contributed by atoms with Gasteiger partial charge in [-0.2, -0.15) is 0 Å². The van der Waals surface area contributed by atoms with Gasteiger partial charge in [-0.05, 0) is 37.5 Å². The van der Waals surface area contributed by atoms with E-state index in [4.69, 9.17) is 4.74 Å². The first-order valence-corrected chi connectivity index (χ1v) is 8.25. The van der Waals surface area contributed by atoms with E-state index in [-0.39, 0.29) is 5.91 Å². The molecule has 0 spiro atoms. The van der Waals surface area contributed by atoms with Gasteiger partial charge in [-0.1, -0.05) is 0 Å². The number of likely N-dealkylation sites (tertiary alicyclic amines) is 1. The summed E-state index contributed by atoms with van der Waals surface area (Å²) < 4.78 is 5.41. The first-order valence-electron chi connectivity index (χ1n) is 8.25. The summed E-state index contributed by atoms with van der Waals surface area (Å²) in [6.45, 7) is 5.45. The van der Waals surface area contributed by atoms with Crippen LogP contribution < -0.4 is 0 Å². The van der Waals surface area contributed by atoms with Gasteiger partial charge in [0, 0.05) is 50.2 Å². The van der Waals surface area contributed by atoms with Crippen LogP contribution in [0.1, 0.15) is 25.0 Å². The van der Waals surface area contributed by atoms with Gasteiger partial charge in [0.15, 0.2) is 0 Å². The van der Waals surface area contributed by atoms with Crippen molar-refractivity contribution in [3.05, 3.63) is 30.1 Å². The quantitative estimate of drug-likeness (QED) is 0.862. The number of H-pyrrole nitrogens is 1. The van der Waals surface area contributed by atoms with E-state index in [2.05, 4.69) is 14.8 Å². The van der Waals surface area contributed by atoms with Gasteiger partial charge in [-0.25, -0.2) is 0 Å². The van der Waals surface area contributed by atoms with Crippen LogP contribution in [0.15, 0.2) is 24.4 Å². The summed E-state index contributed by atoms with van der Waals surface area (Å²) in [5.41, 5.74) is 0.968. The molecule has 22 heavy (non-hydrogen) atoms. The van der Waals surface area contributed by atoms with Crippen molar-refractivity contribution < 1.29 is 9.53 Å². The molecule has 5 nitrogen and oxygen atoms in total. The number of hydrogen-bond acceptors (Lipinski definition) is 3. The average Bonchev–Trinajstić information content (AvgIpc) is 3.08. The molecule has 1 aromatic rings. The Morgan fingerprint density at radius 1 is 1.32 bits per heavy atom. The Hall–Kier alpha value is -1.59. The zero-order valence-corrected chi connectivity index (χ0v) is 13.0. The van der Waals surface area contributed by atoms with Crippen molar-refractivity contribution in [2.75, 3.05) is 39.4 Å². The van der Waals surface area contributed by atoms with E-state index in [1.54, 1.807) is 6.08 Å². The summed E-state index contributed by atoms with van der Waals surface area (Å²) in [5.74, 6) is 0.132. The molecule has 1 N–H and O–H groups in total. The Balaban J connectivity index is 1.59. The Morgan fingerprint density at radius 3 is 2.95 bits per heavy atom. The van der Waals surface area contributed by atoms with Crippen LogP contribution >= 0.6 is 0 Å². The predicted molar refractivity (Wildman–Crippen MR) is 86.4 cm³/mol. The molecule has 0 aromatic carbocycles. The normalized spacial score (nSPS) is 24.0. The SMILES string of the molecule is O=C(/C=C/c1ccc[nH]1)N1CCCCC1CN1CCOCC1. The van der Waals surface area contributed by atoms with Crippen LogP contribution in [0.5, 0.6) is 0 Å². The highest BCUT2D eigenvalue weighted by atomic mass is 16.5. The number of morpholine rings is 1. The van der Waals surface area contributed by atoms with Crippen molar-refractivity contribution in [3.8, 4) is 0 Å². The minimum absolute atomic E-state index is 0.132. The van der Waals surface area contributed by atoms with Gasteiger partial charge in [0.05, 0.1) is 13.2 Å². The number of aromatic nitrogens is 1. The second kappa shape index (κ2) is 7.61. The number of amides is 1. The smallest absolute Gasteiger partial charge is 0.246 e. The monoisotopic (exact) mass is 303 g/mol. The zero-order valence-electron chi connectivity index (χ0n) is 13.0. The maximum absolute atomic E-state index is 12.5. The first kappa shape index (κ1) is 15.3. The fourth-order valence-electron chi connectivity index (χ4n) is 3.27. The summed E-state index contributed by atoms with van der Waals surface area (Å²) in [7, 11) is 0. The standard InChI is InChI=1S/C17H25N3O2/c21-17(7-6-15-4-3-8-18-15)20-9-2-1-5-16(20)14-19-10-12-22-13-11-19/h3-4,6-8,16,18H,1-2,5,9-14H2/b7-6+. The van der Waals surface area contributed by atoms with E-state index < -0.39 is 0 Å². The largest absolute Gasteiger partial charge is 0.379 e. The Morgan fingerprint density at radius 2 is 2.18 bits per heavy atom. The molecule has 1 unspecified atom stereocenters. The minimum Gasteiger partial charge on any atom is -0.379 e. The highest BCUT2D eigenvalue weighted by Gasteiger charge is 2.27. The zero-order chi connectivity index (χ0) is 15.2. The number of aromatic amines is 1. The topological polar surface area (TPSA) is 48.6 Å². The van der Waals surface area contributed by atoms with Crippen molar-refractivity contribution in [3.63, 3.8) is 0 Å². The van der Waals surface area contributed by atoms with E-state index >= 15 is 0 Å². The third-order valence-electron chi connectivity index (χ3n) is 4.51. The molecule has 2 aliphatic heterocycles. The maximum Gasteiger partial charge on any atom is 0.246 e. The van der Waals surface area contributed by atoms with Gasteiger partial charge in [0.25, 0.3) is 0 Å². The molecule has 2 saturated heterocycles. The molecule has 1 aromatic heterocycles. The molecule has 1 atom stereocenters. The highest BCUT2D eigenvalue weighted by Crippen LogP contribution is 2.19. The lowest BCUT2D eigenvalue weighted by atomic mass is 10.0. The van der Waals surface area contributed by atoms with Crippen molar-refractivity contribution in [2.24, 2.45) is 0 Å². The summed E-state index contributed by atoms with van der Waals surface area (Å²) in [4.78, 5) is 20.1. The van der Waals surface area contributed by atoms with Gasteiger partial charge >= 0.3 is 0 Å². The van der Waals surface area contributed by atoms with Crippen LogP contribution in [-0.2, 0) is 9.53 Å². The Labute approximate surface area is 131 Å². The number of carbonyl (C=O) groups is 1. The van der Waals surface area contributed by atoms with Gasteiger partial charge in [0.2, 0.25) is 5.91 Å². The lowest BCUT2D eigenvalue weighted by molar-refractivity contribution is -0.130. The van der Waals surface area contributed by atoms with Crippen LogP contribution in [0.25, 0.3) is 6.08 Å². The number of nitrogens with one attached hydrogen (secondary N) is 1. The number of hydrogen-bond donors (Lipinski definition) is 1. The van der Waals surface area contributed by atoms with Crippen LogP contribution in [-0.4, -0.2) is 66.1 Å².